The molecule has 210 valence electrons. The average Bonchev–Trinajstić information content (AvgIpc) is 3.30. The number of nitrogens with zero attached hydrogens (tertiary/aromatic N) is 1. The molecule has 1 heterocycles. The molecular weight excluding hydrogens is 474 g/mol. The van der Waals surface area contributed by atoms with E-state index in [2.05, 4.69) is 38.0 Å². The number of rotatable bonds is 13. The molecule has 2 fully saturated rings. The van der Waals surface area contributed by atoms with E-state index in [0.29, 0.717) is 12.8 Å². The predicted molar refractivity (Wildman–Crippen MR) is 154 cm³/mol. The minimum Gasteiger partial charge on any atom is -0.462 e. The summed E-state index contributed by atoms with van der Waals surface area (Å²) in [6, 6.07) is 6.25. The van der Waals surface area contributed by atoms with Crippen molar-refractivity contribution in [3.8, 4) is 23.5 Å². The number of hydrogen-bond acceptors (Lipinski definition) is 4. The highest BCUT2D eigenvalue weighted by Crippen LogP contribution is 2.41. The molecule has 1 saturated heterocycles. The Hall–Kier alpha value is -2.48. The van der Waals surface area contributed by atoms with Crippen LogP contribution in [0.2, 0.25) is 0 Å². The van der Waals surface area contributed by atoms with Gasteiger partial charge in [-0.15, -0.1) is 6.42 Å². The first-order chi connectivity index (χ1) is 18.5. The number of fused-ring (bicyclic) bond motifs is 2. The topological polar surface area (TPSA) is 55.8 Å². The zero-order valence-electron chi connectivity index (χ0n) is 24.0. The number of amides is 1. The molecule has 4 rings (SSSR count). The molecule has 1 aliphatic heterocycles. The molecule has 0 aromatic rings. The standard InChI is InChI=1S/C26H43NO4.C7H6/c1-4-6-7-8-9-10-11-12-13-14-15-19-25(28)31-24-18-16-17-23-22(24)20-21(5-2)27(23)26(29)30-3;1-5-4-6-2-3-7(5)6/h2,21-24H,4,6-20H2,1,3H3;2-4H,1H3/t21?,22-,23-,24+;/m1./s1. The molecule has 0 aromatic heterocycles. The molecule has 5 nitrogen and oxygen atoms in total. The van der Waals surface area contributed by atoms with Crippen LogP contribution in [0.5, 0.6) is 0 Å². The summed E-state index contributed by atoms with van der Waals surface area (Å²) in [6.07, 6.45) is 22.9. The monoisotopic (exact) mass is 523 g/mol. The van der Waals surface area contributed by atoms with E-state index in [1.54, 1.807) is 4.90 Å². The summed E-state index contributed by atoms with van der Waals surface area (Å²) in [5, 5.41) is 0. The maximum absolute atomic E-state index is 12.4. The minimum atomic E-state index is -0.372. The van der Waals surface area contributed by atoms with Crippen LogP contribution in [0.1, 0.15) is 115 Å². The number of hydrogen-bond donors (Lipinski definition) is 0. The van der Waals surface area contributed by atoms with Crippen LogP contribution < -0.4 is 0 Å². The van der Waals surface area contributed by atoms with Crippen molar-refractivity contribution in [3.63, 3.8) is 0 Å². The van der Waals surface area contributed by atoms with Crippen LogP contribution >= 0.6 is 0 Å². The van der Waals surface area contributed by atoms with E-state index in [-0.39, 0.29) is 36.2 Å². The molecule has 5 heteroatoms. The molecule has 38 heavy (non-hydrogen) atoms. The number of esters is 1. The van der Waals surface area contributed by atoms with Crippen molar-refractivity contribution < 1.29 is 19.1 Å². The third kappa shape index (κ3) is 8.26. The highest BCUT2D eigenvalue weighted by molar-refractivity contribution is 5.80. The lowest BCUT2D eigenvalue weighted by atomic mass is 9.82. The second kappa shape index (κ2) is 15.8. The molecular formula is C33H49NO4. The van der Waals surface area contributed by atoms with Crippen molar-refractivity contribution in [2.45, 2.75) is 135 Å². The van der Waals surface area contributed by atoms with E-state index < -0.39 is 0 Å². The molecule has 1 amide bonds. The summed E-state index contributed by atoms with van der Waals surface area (Å²) >= 11 is 0. The highest BCUT2D eigenvalue weighted by atomic mass is 16.5. The normalized spacial score (nSPS) is 22.5. The first-order valence-electron chi connectivity index (χ1n) is 15.1. The van der Waals surface area contributed by atoms with E-state index >= 15 is 0 Å². The number of likely N-dealkylation sites (tertiary alicyclic amines) is 1. The van der Waals surface area contributed by atoms with Gasteiger partial charge in [-0.2, -0.15) is 0 Å². The van der Waals surface area contributed by atoms with Gasteiger partial charge >= 0.3 is 12.1 Å². The second-order valence-corrected chi connectivity index (χ2v) is 11.3. The summed E-state index contributed by atoms with van der Waals surface area (Å²) in [5.41, 5.74) is 4.36. The number of aryl methyl sites for hydroxylation is 1. The maximum Gasteiger partial charge on any atom is 0.410 e. The first kappa shape index (κ1) is 30.1. The smallest absolute Gasteiger partial charge is 0.410 e. The summed E-state index contributed by atoms with van der Waals surface area (Å²) in [6.45, 7) is 4.39. The van der Waals surface area contributed by atoms with Crippen molar-refractivity contribution in [3.05, 3.63) is 23.8 Å². The van der Waals surface area contributed by atoms with Gasteiger partial charge in [-0.05, 0) is 55.7 Å². The summed E-state index contributed by atoms with van der Waals surface area (Å²) in [7, 11) is 1.39. The molecule has 3 aliphatic carbocycles. The Morgan fingerprint density at radius 2 is 1.66 bits per heavy atom. The molecule has 0 radical (unpaired) electrons. The van der Waals surface area contributed by atoms with Crippen LogP contribution in [0.25, 0.3) is 11.1 Å². The van der Waals surface area contributed by atoms with E-state index in [9.17, 15) is 9.59 Å². The van der Waals surface area contributed by atoms with Gasteiger partial charge in [0.05, 0.1) is 13.2 Å². The molecule has 0 spiro atoms. The Labute approximate surface area is 231 Å². The van der Waals surface area contributed by atoms with Crippen LogP contribution in [0.4, 0.5) is 4.79 Å². The summed E-state index contributed by atoms with van der Waals surface area (Å²) in [4.78, 5) is 26.3. The Bertz CT molecular complexity index is 935. The second-order valence-electron chi connectivity index (χ2n) is 11.3. The Balaban J connectivity index is 0.000000483. The van der Waals surface area contributed by atoms with Crippen molar-refractivity contribution in [2.24, 2.45) is 5.92 Å². The van der Waals surface area contributed by atoms with Crippen LogP contribution in [0, 0.1) is 25.2 Å². The van der Waals surface area contributed by atoms with Gasteiger partial charge in [-0.1, -0.05) is 95.3 Å². The lowest BCUT2D eigenvalue weighted by molar-refractivity contribution is -0.154. The fourth-order valence-corrected chi connectivity index (χ4v) is 6.27. The SMILES string of the molecule is C#CC1C[C@H]2[C@@H](OC(=O)CCCCCCCCCCCCC)CCC[C@H]2N1C(=O)OC.Cc1cc2ccc1-2. The van der Waals surface area contributed by atoms with Gasteiger partial charge in [0.15, 0.2) is 0 Å². The van der Waals surface area contributed by atoms with Gasteiger partial charge in [-0.25, -0.2) is 4.79 Å². The number of terminal acetylenes is 1. The van der Waals surface area contributed by atoms with E-state index in [4.69, 9.17) is 15.9 Å². The van der Waals surface area contributed by atoms with Gasteiger partial charge in [0.2, 0.25) is 0 Å². The summed E-state index contributed by atoms with van der Waals surface area (Å²) in [5.74, 6) is 2.74. The van der Waals surface area contributed by atoms with Gasteiger partial charge in [0.25, 0.3) is 0 Å². The molecule has 4 atom stereocenters. The molecule has 1 unspecified atom stereocenters. The Morgan fingerprint density at radius 1 is 1.00 bits per heavy atom. The molecule has 0 aromatic carbocycles. The maximum atomic E-state index is 12.4. The Morgan fingerprint density at radius 3 is 2.13 bits per heavy atom. The van der Waals surface area contributed by atoms with Gasteiger partial charge in [0.1, 0.15) is 6.10 Å². The number of benzene rings is 1. The number of unbranched alkanes of at least 4 members (excludes halogenated alkanes) is 10. The molecule has 0 bridgehead atoms. The van der Waals surface area contributed by atoms with Gasteiger partial charge in [0, 0.05) is 18.4 Å². The van der Waals surface area contributed by atoms with Crippen LogP contribution in [-0.4, -0.2) is 42.3 Å². The molecule has 4 aliphatic rings. The number of carbonyl (C=O) groups is 2. The van der Waals surface area contributed by atoms with Gasteiger partial charge in [-0.3, -0.25) is 9.69 Å². The number of ether oxygens (including phenoxy) is 2. The third-order valence-electron chi connectivity index (χ3n) is 8.53. The van der Waals surface area contributed by atoms with E-state index in [1.807, 2.05) is 0 Å². The van der Waals surface area contributed by atoms with Crippen molar-refractivity contribution in [2.75, 3.05) is 7.11 Å². The Kier molecular flexibility index (Phi) is 12.5. The lowest BCUT2D eigenvalue weighted by Crippen LogP contribution is -2.46. The summed E-state index contributed by atoms with van der Waals surface area (Å²) < 4.78 is 10.8. The first-order valence-corrected chi connectivity index (χ1v) is 15.1. The predicted octanol–water partition coefficient (Wildman–Crippen LogP) is 8.22. The zero-order valence-corrected chi connectivity index (χ0v) is 24.0. The van der Waals surface area contributed by atoms with Crippen molar-refractivity contribution >= 4 is 12.1 Å². The van der Waals surface area contributed by atoms with E-state index in [1.165, 1.54) is 81.6 Å². The largest absolute Gasteiger partial charge is 0.462 e. The minimum absolute atomic E-state index is 0.0158. The van der Waals surface area contributed by atoms with Crippen LogP contribution in [0.15, 0.2) is 18.2 Å². The fraction of sp³-hybridized carbons (Fsp3) is 0.697. The quantitative estimate of drug-likeness (QED) is 0.151. The number of methoxy groups -OCH3 is 1. The number of carbonyl (C=O) groups excluding carboxylic acids is 2. The van der Waals surface area contributed by atoms with Crippen LogP contribution in [0.3, 0.4) is 0 Å². The van der Waals surface area contributed by atoms with Crippen LogP contribution in [-0.2, 0) is 14.3 Å². The highest BCUT2D eigenvalue weighted by Gasteiger charge is 2.49. The van der Waals surface area contributed by atoms with Crippen molar-refractivity contribution in [1.29, 1.82) is 0 Å². The average molecular weight is 524 g/mol. The lowest BCUT2D eigenvalue weighted by Gasteiger charge is -2.36. The third-order valence-corrected chi connectivity index (χ3v) is 8.53. The fourth-order valence-electron chi connectivity index (χ4n) is 6.27. The molecule has 0 N–H and O–H groups in total. The zero-order chi connectivity index (χ0) is 27.3. The van der Waals surface area contributed by atoms with E-state index in [0.717, 1.165) is 32.1 Å². The van der Waals surface area contributed by atoms with Crippen molar-refractivity contribution in [1.82, 2.24) is 4.90 Å². The molecule has 1 saturated carbocycles. The van der Waals surface area contributed by atoms with Gasteiger partial charge < -0.3 is 9.47 Å².